The first kappa shape index (κ1) is 16.0. The number of carbonyl (C=O) groups is 1. The molecule has 1 aromatic rings. The Morgan fingerprint density at radius 1 is 1.32 bits per heavy atom. The number of hydrogen-bond donors (Lipinski definition) is 1. The fourth-order valence-electron chi connectivity index (χ4n) is 2.08. The van der Waals surface area contributed by atoms with Crippen LogP contribution in [0.2, 0.25) is 0 Å². The lowest BCUT2D eigenvalue weighted by molar-refractivity contribution is 0.0701. The molecule has 0 aromatic carbocycles. The van der Waals surface area contributed by atoms with Gasteiger partial charge in [0.05, 0.1) is 5.69 Å². The number of aromatic nitrogens is 1. The highest BCUT2D eigenvalue weighted by molar-refractivity contribution is 7.17. The van der Waals surface area contributed by atoms with Gasteiger partial charge in [0, 0.05) is 13.1 Å². The molecule has 0 saturated heterocycles. The Labute approximate surface area is 119 Å². The van der Waals surface area contributed by atoms with Gasteiger partial charge < -0.3 is 10.0 Å². The van der Waals surface area contributed by atoms with Gasteiger partial charge in [-0.2, -0.15) is 0 Å². The molecular formula is C14H24N2O2S. The highest BCUT2D eigenvalue weighted by Gasteiger charge is 2.20. The van der Waals surface area contributed by atoms with Crippen molar-refractivity contribution in [3.05, 3.63) is 10.6 Å². The van der Waals surface area contributed by atoms with Crippen LogP contribution in [0.25, 0.3) is 0 Å². The number of aryl methyl sites for hydroxylation is 1. The van der Waals surface area contributed by atoms with Crippen molar-refractivity contribution in [1.82, 2.24) is 4.98 Å². The van der Waals surface area contributed by atoms with E-state index in [1.165, 1.54) is 11.3 Å². The summed E-state index contributed by atoms with van der Waals surface area (Å²) in [5, 5.41) is 10.0. The molecular weight excluding hydrogens is 260 g/mol. The van der Waals surface area contributed by atoms with Crippen LogP contribution in [-0.4, -0.2) is 29.1 Å². The summed E-state index contributed by atoms with van der Waals surface area (Å²) in [6, 6.07) is 0. The van der Waals surface area contributed by atoms with Gasteiger partial charge in [-0.15, -0.1) is 0 Å². The fraction of sp³-hybridized carbons (Fsp3) is 0.714. The number of rotatable bonds is 8. The third kappa shape index (κ3) is 3.93. The van der Waals surface area contributed by atoms with Crippen LogP contribution in [-0.2, 0) is 6.42 Å². The van der Waals surface area contributed by atoms with Gasteiger partial charge >= 0.3 is 5.97 Å². The molecule has 0 unspecified atom stereocenters. The summed E-state index contributed by atoms with van der Waals surface area (Å²) in [5.74, 6) is -0.221. The maximum absolute atomic E-state index is 11.2. The van der Waals surface area contributed by atoms with E-state index in [9.17, 15) is 9.90 Å². The average Bonchev–Trinajstić information content (AvgIpc) is 2.84. The molecule has 0 aliphatic rings. The third-order valence-electron chi connectivity index (χ3n) is 3.50. The summed E-state index contributed by atoms with van der Waals surface area (Å²) in [7, 11) is 0. The van der Waals surface area contributed by atoms with Crippen molar-refractivity contribution in [3.63, 3.8) is 0 Å². The average molecular weight is 284 g/mol. The van der Waals surface area contributed by atoms with Crippen molar-refractivity contribution in [2.24, 2.45) is 5.92 Å². The summed E-state index contributed by atoms with van der Waals surface area (Å²) in [6.45, 7) is 10.3. The zero-order valence-corrected chi connectivity index (χ0v) is 13.1. The van der Waals surface area contributed by atoms with Crippen LogP contribution in [0.5, 0.6) is 0 Å². The fourth-order valence-corrected chi connectivity index (χ4v) is 3.15. The largest absolute Gasteiger partial charge is 0.477 e. The third-order valence-corrected chi connectivity index (χ3v) is 4.65. The SMILES string of the molecule is CCc1nc(N(CC)CC(CC)CC)sc1C(=O)O. The number of anilines is 1. The highest BCUT2D eigenvalue weighted by atomic mass is 32.1. The molecule has 0 radical (unpaired) electrons. The van der Waals surface area contributed by atoms with Gasteiger partial charge in [0.25, 0.3) is 0 Å². The quantitative estimate of drug-likeness (QED) is 0.791. The van der Waals surface area contributed by atoms with Gasteiger partial charge in [-0.1, -0.05) is 44.9 Å². The van der Waals surface area contributed by atoms with E-state index in [1.807, 2.05) is 6.92 Å². The van der Waals surface area contributed by atoms with E-state index in [2.05, 4.69) is 30.7 Å². The second kappa shape index (κ2) is 7.48. The predicted octanol–water partition coefficient (Wildman–Crippen LogP) is 3.67. The van der Waals surface area contributed by atoms with Crippen LogP contribution in [0.15, 0.2) is 0 Å². The molecule has 0 bridgehead atoms. The van der Waals surface area contributed by atoms with E-state index in [0.29, 0.717) is 22.9 Å². The first-order chi connectivity index (χ1) is 9.07. The molecule has 5 heteroatoms. The van der Waals surface area contributed by atoms with Crippen molar-refractivity contribution in [2.45, 2.75) is 47.0 Å². The predicted molar refractivity (Wildman–Crippen MR) is 80.4 cm³/mol. The standard InChI is InChI=1S/C14H24N2O2S/c1-5-10(6-2)9-16(8-4)14-15-11(7-3)12(19-14)13(17)18/h10H,5-9H2,1-4H3,(H,17,18). The van der Waals surface area contributed by atoms with Gasteiger partial charge in [0.1, 0.15) is 4.88 Å². The number of aromatic carboxylic acids is 1. The normalized spacial score (nSPS) is 11.0. The minimum Gasteiger partial charge on any atom is -0.477 e. The Balaban J connectivity index is 2.95. The van der Waals surface area contributed by atoms with Crippen molar-refractivity contribution in [3.8, 4) is 0 Å². The number of thiazole rings is 1. The second-order valence-electron chi connectivity index (χ2n) is 4.65. The molecule has 0 saturated carbocycles. The lowest BCUT2D eigenvalue weighted by atomic mass is 10.0. The van der Waals surface area contributed by atoms with E-state index >= 15 is 0 Å². The molecule has 1 heterocycles. The summed E-state index contributed by atoms with van der Waals surface area (Å²) in [5.41, 5.74) is 0.704. The van der Waals surface area contributed by atoms with E-state index in [1.54, 1.807) is 0 Å². The van der Waals surface area contributed by atoms with E-state index in [4.69, 9.17) is 0 Å². The molecule has 1 rings (SSSR count). The van der Waals surface area contributed by atoms with Crippen LogP contribution >= 0.6 is 11.3 Å². The minimum atomic E-state index is -0.862. The Morgan fingerprint density at radius 3 is 2.32 bits per heavy atom. The number of carboxylic acid groups (broad SMARTS) is 1. The molecule has 108 valence electrons. The Bertz CT molecular complexity index is 414. The van der Waals surface area contributed by atoms with Crippen molar-refractivity contribution in [2.75, 3.05) is 18.0 Å². The van der Waals surface area contributed by atoms with Gasteiger partial charge in [0.15, 0.2) is 5.13 Å². The van der Waals surface area contributed by atoms with Gasteiger partial charge in [-0.05, 0) is 19.3 Å². The minimum absolute atomic E-state index is 0.389. The highest BCUT2D eigenvalue weighted by Crippen LogP contribution is 2.28. The maximum atomic E-state index is 11.2. The Kier molecular flexibility index (Phi) is 6.28. The van der Waals surface area contributed by atoms with Gasteiger partial charge in [0.2, 0.25) is 0 Å². The van der Waals surface area contributed by atoms with E-state index in [-0.39, 0.29) is 0 Å². The molecule has 0 amide bonds. The topological polar surface area (TPSA) is 53.4 Å². The first-order valence-electron chi connectivity index (χ1n) is 7.05. The van der Waals surface area contributed by atoms with Crippen molar-refractivity contribution in [1.29, 1.82) is 0 Å². The molecule has 0 aliphatic heterocycles. The van der Waals surface area contributed by atoms with E-state index in [0.717, 1.165) is 31.1 Å². The van der Waals surface area contributed by atoms with Gasteiger partial charge in [-0.25, -0.2) is 9.78 Å². The van der Waals surface area contributed by atoms with Crippen LogP contribution in [0, 0.1) is 5.92 Å². The van der Waals surface area contributed by atoms with Crippen molar-refractivity contribution < 1.29 is 9.90 Å². The van der Waals surface area contributed by atoms with Crippen LogP contribution < -0.4 is 4.90 Å². The Hall–Kier alpha value is -1.10. The zero-order chi connectivity index (χ0) is 14.4. The maximum Gasteiger partial charge on any atom is 0.347 e. The molecule has 0 atom stereocenters. The molecule has 0 aliphatic carbocycles. The summed E-state index contributed by atoms with van der Waals surface area (Å²) in [4.78, 5) is 18.3. The van der Waals surface area contributed by atoms with Crippen LogP contribution in [0.3, 0.4) is 0 Å². The lowest BCUT2D eigenvalue weighted by Crippen LogP contribution is -2.28. The monoisotopic (exact) mass is 284 g/mol. The molecule has 0 fully saturated rings. The molecule has 1 aromatic heterocycles. The zero-order valence-electron chi connectivity index (χ0n) is 12.3. The van der Waals surface area contributed by atoms with Crippen LogP contribution in [0.1, 0.15) is 55.9 Å². The molecule has 0 spiro atoms. The summed E-state index contributed by atoms with van der Waals surface area (Å²) in [6.07, 6.45) is 2.95. The number of carboxylic acids is 1. The van der Waals surface area contributed by atoms with Crippen molar-refractivity contribution >= 4 is 22.4 Å². The number of hydrogen-bond acceptors (Lipinski definition) is 4. The van der Waals surface area contributed by atoms with Crippen LogP contribution in [0.4, 0.5) is 5.13 Å². The molecule has 19 heavy (non-hydrogen) atoms. The summed E-state index contributed by atoms with van der Waals surface area (Å²) < 4.78 is 0. The summed E-state index contributed by atoms with van der Waals surface area (Å²) >= 11 is 1.30. The second-order valence-corrected chi connectivity index (χ2v) is 5.63. The molecule has 1 N–H and O–H groups in total. The first-order valence-corrected chi connectivity index (χ1v) is 7.86. The van der Waals surface area contributed by atoms with Gasteiger partial charge in [-0.3, -0.25) is 0 Å². The number of nitrogens with zero attached hydrogens (tertiary/aromatic N) is 2. The smallest absolute Gasteiger partial charge is 0.347 e. The lowest BCUT2D eigenvalue weighted by Gasteiger charge is -2.24. The van der Waals surface area contributed by atoms with E-state index < -0.39 is 5.97 Å². The molecule has 4 nitrogen and oxygen atoms in total. The Morgan fingerprint density at radius 2 is 1.95 bits per heavy atom.